The van der Waals surface area contributed by atoms with Crippen LogP contribution >= 0.6 is 0 Å². The molecule has 0 nitrogen and oxygen atoms in total. The van der Waals surface area contributed by atoms with Gasteiger partial charge in [-0.2, -0.15) is 0 Å². The average Bonchev–Trinajstić information content (AvgIpc) is 1.96. The van der Waals surface area contributed by atoms with E-state index < -0.39 is 38.3 Å². The van der Waals surface area contributed by atoms with Gasteiger partial charge in [0.1, 0.15) is 0 Å². The van der Waals surface area contributed by atoms with Gasteiger partial charge in [-0.3, -0.25) is 0 Å². The molecule has 0 aromatic heterocycles. The maximum absolute atomic E-state index is 5.51. The van der Waals surface area contributed by atoms with Gasteiger partial charge in [0, 0.05) is 0 Å². The van der Waals surface area contributed by atoms with Gasteiger partial charge in [-0.15, -0.1) is 0 Å². The van der Waals surface area contributed by atoms with Crippen LogP contribution in [-0.4, -0.2) is 100 Å². The second-order valence-corrected chi connectivity index (χ2v) is 3.46. The van der Waals surface area contributed by atoms with Gasteiger partial charge in [0.15, 0.2) is 0 Å². The largest absolute Gasteiger partial charge is 0.687 e. The number of hydrogen-bond donors (Lipinski definition) is 0. The normalized spacial score (nSPS) is 8.93. The van der Waals surface area contributed by atoms with E-state index >= 15 is 0 Å². The lowest BCUT2D eigenvalue weighted by atomic mass is 8.47. The summed E-state index contributed by atoms with van der Waals surface area (Å²) in [5, 5.41) is 0. The standard InChI is InChI=1S/B14/c1-9(2)13(10(3)4)14(11(5)6)12(7)8/q-1. The molecule has 0 aromatic carbocycles. The summed E-state index contributed by atoms with van der Waals surface area (Å²) in [6, 6.07) is 0. The molecule has 0 aliphatic heterocycles. The van der Waals surface area contributed by atoms with Crippen LogP contribution in [0.4, 0.5) is 0 Å². The van der Waals surface area contributed by atoms with Crippen LogP contribution in [0.3, 0.4) is 0 Å². The van der Waals surface area contributed by atoms with Crippen LogP contribution in [-0.2, 0) is 0 Å². The Labute approximate surface area is 100 Å². The monoisotopic (exact) mass is 154 g/mol. The zero-order chi connectivity index (χ0) is 11.5. The van der Waals surface area contributed by atoms with Crippen LogP contribution in [0.1, 0.15) is 0 Å². The molecular formula is B14-. The minimum Gasteiger partial charge on any atom is -0.687 e. The summed E-state index contributed by atoms with van der Waals surface area (Å²) in [4.78, 5) is 0. The van der Waals surface area contributed by atoms with Gasteiger partial charge in [-0.25, -0.2) is 6.39 Å². The molecule has 0 spiro atoms. The van der Waals surface area contributed by atoms with Crippen LogP contribution in [0.5, 0.6) is 0 Å². The third-order valence-electron chi connectivity index (χ3n) is 2.22. The first-order valence-electron chi connectivity index (χ1n) is 4.33. The van der Waals surface area contributed by atoms with Gasteiger partial charge >= 0.3 is 0 Å². The molecule has 0 aliphatic rings. The summed E-state index contributed by atoms with van der Waals surface area (Å²) in [6.45, 7) is 0. The fourth-order valence-electron chi connectivity index (χ4n) is 1.54. The molecule has 14 heteroatoms. The van der Waals surface area contributed by atoms with E-state index in [0.29, 0.717) is 0 Å². The van der Waals surface area contributed by atoms with E-state index in [-0.39, 0.29) is 0 Å². The summed E-state index contributed by atoms with van der Waals surface area (Å²) in [5.41, 5.74) is 0. The Morgan fingerprint density at radius 3 is 0.929 bits per heavy atom. The fraction of sp³-hybridized carbons (Fsp3) is 0. The average molecular weight is 151 g/mol. The predicted molar refractivity (Wildman–Crippen MR) is 80.6 cm³/mol. The van der Waals surface area contributed by atoms with Crippen molar-refractivity contribution in [2.45, 2.75) is 0 Å². The highest BCUT2D eigenvalue weighted by Crippen LogP contribution is 1.97. The highest BCUT2D eigenvalue weighted by atomic mass is 13.2. The maximum atomic E-state index is 5.51. The Bertz CT molecular complexity index is 108. The lowest BCUT2D eigenvalue weighted by Gasteiger charge is -2.40. The first-order chi connectivity index (χ1) is 6.29. The molecule has 0 amide bonds. The highest BCUT2D eigenvalue weighted by Gasteiger charge is 2.31. The highest BCUT2D eigenvalue weighted by molar-refractivity contribution is 8.10. The zero-order valence-corrected chi connectivity index (χ0v) is 8.08. The van der Waals surface area contributed by atoms with Crippen LogP contribution in [0.15, 0.2) is 0 Å². The summed E-state index contributed by atoms with van der Waals surface area (Å²) < 4.78 is 0. The third kappa shape index (κ3) is 4.19. The molecule has 0 saturated carbocycles. The van der Waals surface area contributed by atoms with Crippen molar-refractivity contribution < 1.29 is 0 Å². The molecule has 0 aliphatic carbocycles. The van der Waals surface area contributed by atoms with Gasteiger partial charge in [0.25, 0.3) is 0 Å². The lowest BCUT2D eigenvalue weighted by molar-refractivity contribution is 3.41. The van der Waals surface area contributed by atoms with Crippen molar-refractivity contribution in [1.29, 1.82) is 0 Å². The van der Waals surface area contributed by atoms with Gasteiger partial charge in [0.05, 0.1) is 0 Å². The van der Waals surface area contributed by atoms with Crippen LogP contribution in [0.25, 0.3) is 0 Å². The first kappa shape index (κ1) is 14.9. The predicted octanol–water partition coefficient (Wildman–Crippen LogP) is -5.33. The van der Waals surface area contributed by atoms with Gasteiger partial charge in [-0.1, -0.05) is 0 Å². The topological polar surface area (TPSA) is 0 Å². The van der Waals surface area contributed by atoms with E-state index in [2.05, 4.69) is 0 Å². The van der Waals surface area contributed by atoms with Crippen LogP contribution in [0, 0.1) is 0 Å². The summed E-state index contributed by atoms with van der Waals surface area (Å²) in [5.74, 6) is 0. The van der Waals surface area contributed by atoms with Crippen molar-refractivity contribution in [3.63, 3.8) is 0 Å². The Balaban J connectivity index is 4.74. The SMILES string of the molecule is [B]B([B])B(B([B])[B])B(B([B])[B])B([B])[B-]. The molecule has 0 fully saturated rings. The lowest BCUT2D eigenvalue weighted by Crippen LogP contribution is -2.72. The second kappa shape index (κ2) is 6.48. The molecule has 0 aromatic rings. The molecule has 14 heavy (non-hydrogen) atoms. The summed E-state index contributed by atoms with van der Waals surface area (Å²) >= 11 is 0. The summed E-state index contributed by atoms with van der Waals surface area (Å²) in [7, 11) is 44.1. The smallest absolute Gasteiger partial charge is 0.00000165 e. The van der Waals surface area contributed by atoms with Crippen molar-refractivity contribution >= 4 is 100 Å². The molecule has 0 bridgehead atoms. The number of hydrogen-bond acceptors (Lipinski definition) is 0. The zero-order valence-electron chi connectivity index (χ0n) is 8.08. The van der Waals surface area contributed by atoms with Crippen molar-refractivity contribution in [2.24, 2.45) is 0 Å². The van der Waals surface area contributed by atoms with Crippen LogP contribution < -0.4 is 0 Å². The van der Waals surface area contributed by atoms with Crippen molar-refractivity contribution in [3.8, 4) is 0 Å². The Hall–Kier alpha value is 0.909. The Morgan fingerprint density at radius 2 is 0.857 bits per heavy atom. The summed E-state index contributed by atoms with van der Waals surface area (Å²) in [6.07, 6.45) is -4.08. The molecule has 43 valence electrons. The van der Waals surface area contributed by atoms with E-state index in [1.165, 1.54) is 0 Å². The third-order valence-corrected chi connectivity index (χ3v) is 2.22. The minimum atomic E-state index is -0.760. The minimum absolute atomic E-state index is 0.519. The van der Waals surface area contributed by atoms with E-state index in [0.717, 1.165) is 0 Å². The van der Waals surface area contributed by atoms with E-state index in [1.54, 1.807) is 0 Å². The fourth-order valence-corrected chi connectivity index (χ4v) is 1.54. The number of rotatable bonds is 5. The molecule has 0 saturated heterocycles. The molecule has 0 N–H and O–H groups in total. The van der Waals surface area contributed by atoms with Crippen molar-refractivity contribution in [1.82, 2.24) is 0 Å². The molecule has 0 rings (SSSR count). The quantitative estimate of drug-likeness (QED) is 0.344. The second-order valence-electron chi connectivity index (χ2n) is 3.46. The Kier molecular flexibility index (Phi) is 6.90. The molecule has 0 unspecified atom stereocenters. The first-order valence-corrected chi connectivity index (χ1v) is 4.33. The van der Waals surface area contributed by atoms with Gasteiger partial charge in [-0.05, 0) is 86.1 Å². The van der Waals surface area contributed by atoms with E-state index in [4.69, 9.17) is 61.9 Å². The Morgan fingerprint density at radius 1 is 0.571 bits per heavy atom. The molecule has 0 heterocycles. The van der Waals surface area contributed by atoms with E-state index in [1.807, 2.05) is 0 Å². The van der Waals surface area contributed by atoms with Crippen LogP contribution in [0.2, 0.25) is 0 Å². The van der Waals surface area contributed by atoms with Gasteiger partial charge in [0.2, 0.25) is 0 Å². The molecule has 17 radical (unpaired) electrons. The van der Waals surface area contributed by atoms with Gasteiger partial charge < -0.3 is 7.74 Å². The molecular weight excluding hydrogens is 151 g/mol. The molecule has 0 atom stereocenters. The van der Waals surface area contributed by atoms with Crippen molar-refractivity contribution in [2.75, 3.05) is 0 Å². The maximum Gasteiger partial charge on any atom is -0.00000165 e. The van der Waals surface area contributed by atoms with Crippen molar-refractivity contribution in [3.05, 3.63) is 0 Å². The van der Waals surface area contributed by atoms with E-state index in [9.17, 15) is 0 Å².